The van der Waals surface area contributed by atoms with Crippen molar-refractivity contribution in [2.75, 3.05) is 0 Å². The third-order valence-electron chi connectivity index (χ3n) is 4.68. The van der Waals surface area contributed by atoms with Crippen LogP contribution in [0.2, 0.25) is 0 Å². The molecule has 3 aromatic heterocycles. The van der Waals surface area contributed by atoms with Crippen LogP contribution in [0.5, 0.6) is 0 Å². The molecule has 0 aromatic carbocycles. The minimum atomic E-state index is -0.404. The van der Waals surface area contributed by atoms with Crippen molar-refractivity contribution in [3.05, 3.63) is 38.4 Å². The van der Waals surface area contributed by atoms with Crippen LogP contribution in [0.15, 0.2) is 19.1 Å². The third kappa shape index (κ3) is 4.48. The summed E-state index contributed by atoms with van der Waals surface area (Å²) >= 11 is 1.36. The van der Waals surface area contributed by atoms with Gasteiger partial charge in [-0.05, 0) is 26.2 Å². The largest absolute Gasteiger partial charge is 0.338 e. The Hall–Kier alpha value is -2.49. The summed E-state index contributed by atoms with van der Waals surface area (Å²) in [7, 11) is 1.48. The molecular formula is C20H28N6O3S. The average molecular weight is 433 g/mol. The van der Waals surface area contributed by atoms with Crippen molar-refractivity contribution in [2.24, 2.45) is 13.0 Å². The van der Waals surface area contributed by atoms with Gasteiger partial charge in [0.1, 0.15) is 16.2 Å². The Morgan fingerprint density at radius 2 is 1.87 bits per heavy atom. The highest BCUT2D eigenvalue weighted by Crippen LogP contribution is 2.35. The van der Waals surface area contributed by atoms with Gasteiger partial charge in [0.05, 0.1) is 5.25 Å². The summed E-state index contributed by atoms with van der Waals surface area (Å²) in [4.78, 5) is 39.1. The molecule has 0 fully saturated rings. The highest BCUT2D eigenvalue weighted by Gasteiger charge is 2.22. The number of aromatic nitrogens is 6. The summed E-state index contributed by atoms with van der Waals surface area (Å²) in [6, 6.07) is 0. The predicted molar refractivity (Wildman–Crippen MR) is 116 cm³/mol. The molecule has 0 amide bonds. The lowest BCUT2D eigenvalue weighted by Crippen LogP contribution is -2.39. The second-order valence-electron chi connectivity index (χ2n) is 7.84. The van der Waals surface area contributed by atoms with E-state index in [9.17, 15) is 9.59 Å². The van der Waals surface area contributed by atoms with Gasteiger partial charge in [-0.25, -0.2) is 14.8 Å². The first-order valence-corrected chi connectivity index (χ1v) is 11.1. The Morgan fingerprint density at radius 1 is 1.13 bits per heavy atom. The molecule has 0 spiro atoms. The van der Waals surface area contributed by atoms with E-state index < -0.39 is 5.56 Å². The van der Waals surface area contributed by atoms with Crippen LogP contribution < -0.4 is 11.2 Å². The average Bonchev–Trinajstić information content (AvgIpc) is 3.16. The van der Waals surface area contributed by atoms with Crippen molar-refractivity contribution in [1.29, 1.82) is 0 Å². The van der Waals surface area contributed by atoms with Gasteiger partial charge in [0.2, 0.25) is 5.89 Å². The molecule has 9 nitrogen and oxygen atoms in total. The van der Waals surface area contributed by atoms with Crippen molar-refractivity contribution in [3.8, 4) is 0 Å². The van der Waals surface area contributed by atoms with E-state index in [4.69, 9.17) is 4.52 Å². The predicted octanol–water partition coefficient (Wildman–Crippen LogP) is 3.03. The van der Waals surface area contributed by atoms with Gasteiger partial charge in [0, 0.05) is 20.0 Å². The van der Waals surface area contributed by atoms with Gasteiger partial charge in [-0.3, -0.25) is 13.9 Å². The number of rotatable bonds is 8. The van der Waals surface area contributed by atoms with Crippen LogP contribution in [0.3, 0.4) is 0 Å². The van der Waals surface area contributed by atoms with Crippen LogP contribution in [0.1, 0.15) is 63.3 Å². The Balaban J connectivity index is 2.08. The molecule has 3 heterocycles. The maximum absolute atomic E-state index is 13.0. The van der Waals surface area contributed by atoms with Crippen molar-refractivity contribution < 1.29 is 4.52 Å². The van der Waals surface area contributed by atoms with E-state index in [2.05, 4.69) is 27.0 Å². The fourth-order valence-electron chi connectivity index (χ4n) is 3.14. The maximum atomic E-state index is 13.0. The number of unbranched alkanes of at least 4 members (excludes halogenated alkanes) is 1. The van der Waals surface area contributed by atoms with E-state index in [0.29, 0.717) is 40.1 Å². The number of fused-ring (bicyclic) bond motifs is 1. The summed E-state index contributed by atoms with van der Waals surface area (Å²) in [5.41, 5.74) is -0.409. The minimum absolute atomic E-state index is 0.208. The monoisotopic (exact) mass is 432 g/mol. The fraction of sp³-hybridized carbons (Fsp3) is 0.600. The van der Waals surface area contributed by atoms with E-state index in [1.165, 1.54) is 18.8 Å². The zero-order chi connectivity index (χ0) is 22.0. The van der Waals surface area contributed by atoms with Crippen LogP contribution in [0.4, 0.5) is 0 Å². The number of nitrogens with zero attached hydrogens (tertiary/aromatic N) is 6. The molecule has 30 heavy (non-hydrogen) atoms. The van der Waals surface area contributed by atoms with Gasteiger partial charge in [0.15, 0.2) is 11.5 Å². The van der Waals surface area contributed by atoms with Crippen LogP contribution >= 0.6 is 11.8 Å². The zero-order valence-corrected chi connectivity index (χ0v) is 19.1. The van der Waals surface area contributed by atoms with Gasteiger partial charge >= 0.3 is 5.69 Å². The minimum Gasteiger partial charge on any atom is -0.338 e. The van der Waals surface area contributed by atoms with Gasteiger partial charge in [-0.2, -0.15) is 4.98 Å². The quantitative estimate of drug-likeness (QED) is 0.395. The Kier molecular flexibility index (Phi) is 6.74. The van der Waals surface area contributed by atoms with Crippen molar-refractivity contribution in [1.82, 2.24) is 29.2 Å². The van der Waals surface area contributed by atoms with E-state index >= 15 is 0 Å². The molecule has 0 radical (unpaired) electrons. The second-order valence-corrected chi connectivity index (χ2v) is 9.17. The van der Waals surface area contributed by atoms with Crippen LogP contribution in [-0.4, -0.2) is 29.2 Å². The Labute approximate surface area is 178 Å². The SMILES string of the molecule is CCCCc1noc(C(C)Sc2nc(C)nc3c2c(=O)n(C)c(=O)n3CC(C)C)n1. The summed E-state index contributed by atoms with van der Waals surface area (Å²) in [5.74, 6) is 1.89. The molecule has 0 saturated heterocycles. The molecule has 1 unspecified atom stereocenters. The molecule has 3 aromatic rings. The third-order valence-corrected chi connectivity index (χ3v) is 5.76. The Bertz CT molecular complexity index is 1160. The van der Waals surface area contributed by atoms with Gasteiger partial charge in [-0.1, -0.05) is 44.1 Å². The Morgan fingerprint density at radius 3 is 2.53 bits per heavy atom. The molecular weight excluding hydrogens is 404 g/mol. The maximum Gasteiger partial charge on any atom is 0.332 e. The molecule has 162 valence electrons. The topological polar surface area (TPSA) is 109 Å². The first kappa shape index (κ1) is 22.2. The summed E-state index contributed by atoms with van der Waals surface area (Å²) in [6.07, 6.45) is 2.83. The first-order chi connectivity index (χ1) is 14.2. The van der Waals surface area contributed by atoms with Gasteiger partial charge in [0.25, 0.3) is 5.56 Å². The standard InChI is InChI=1S/C20H28N6O3S/c1-7-8-9-14-23-17(29-24-14)12(4)30-18-15-16(21-13(5)22-18)26(10-11(2)3)20(28)25(6)19(15)27/h11-12H,7-10H2,1-6H3. The van der Waals surface area contributed by atoms with E-state index in [-0.39, 0.29) is 16.9 Å². The first-order valence-electron chi connectivity index (χ1n) is 10.2. The smallest absolute Gasteiger partial charge is 0.332 e. The normalized spacial score (nSPS) is 12.8. The molecule has 0 bridgehead atoms. The molecule has 0 saturated carbocycles. The zero-order valence-electron chi connectivity index (χ0n) is 18.3. The van der Waals surface area contributed by atoms with Gasteiger partial charge < -0.3 is 4.52 Å². The van der Waals surface area contributed by atoms with Crippen molar-refractivity contribution in [3.63, 3.8) is 0 Å². The van der Waals surface area contributed by atoms with Crippen molar-refractivity contribution in [2.45, 2.75) is 70.7 Å². The number of aryl methyl sites for hydroxylation is 2. The van der Waals surface area contributed by atoms with E-state index in [1.807, 2.05) is 20.8 Å². The molecule has 1 atom stereocenters. The highest BCUT2D eigenvalue weighted by molar-refractivity contribution is 7.99. The molecule has 3 rings (SSSR count). The fourth-order valence-corrected chi connectivity index (χ4v) is 4.16. The number of hydrogen-bond donors (Lipinski definition) is 0. The molecule has 0 aliphatic heterocycles. The van der Waals surface area contributed by atoms with Crippen molar-refractivity contribution >= 4 is 22.8 Å². The molecule has 0 aliphatic rings. The van der Waals surface area contributed by atoms with Gasteiger partial charge in [-0.15, -0.1) is 0 Å². The summed E-state index contributed by atoms with van der Waals surface area (Å²) in [5, 5.41) is 4.68. The lowest BCUT2D eigenvalue weighted by Gasteiger charge is -2.15. The summed E-state index contributed by atoms with van der Waals surface area (Å²) < 4.78 is 8.10. The lowest BCUT2D eigenvalue weighted by atomic mass is 10.2. The van der Waals surface area contributed by atoms with Crippen LogP contribution in [0.25, 0.3) is 11.0 Å². The highest BCUT2D eigenvalue weighted by atomic mass is 32.2. The molecule has 0 N–H and O–H groups in total. The second kappa shape index (κ2) is 9.11. The summed E-state index contributed by atoms with van der Waals surface area (Å²) in [6.45, 7) is 10.3. The number of thioether (sulfide) groups is 1. The molecule has 0 aliphatic carbocycles. The van der Waals surface area contributed by atoms with Crippen LogP contribution in [0, 0.1) is 12.8 Å². The lowest BCUT2D eigenvalue weighted by molar-refractivity contribution is 0.374. The van der Waals surface area contributed by atoms with E-state index in [1.54, 1.807) is 11.5 Å². The van der Waals surface area contributed by atoms with E-state index in [0.717, 1.165) is 23.8 Å². The number of hydrogen-bond acceptors (Lipinski definition) is 8. The van der Waals surface area contributed by atoms with Crippen LogP contribution in [-0.2, 0) is 20.0 Å². The molecule has 10 heteroatoms.